The van der Waals surface area contributed by atoms with E-state index in [0.29, 0.717) is 5.75 Å². The van der Waals surface area contributed by atoms with Gasteiger partial charge < -0.3 is 15.8 Å². The highest BCUT2D eigenvalue weighted by atomic mass is 16.5. The molecule has 2 aromatic rings. The number of rotatable bonds is 6. The molecule has 0 atom stereocenters. The summed E-state index contributed by atoms with van der Waals surface area (Å²) in [6.45, 7) is 5.66. The van der Waals surface area contributed by atoms with Gasteiger partial charge >= 0.3 is 0 Å². The van der Waals surface area contributed by atoms with Crippen LogP contribution in [0, 0.1) is 13.8 Å². The van der Waals surface area contributed by atoms with Crippen molar-refractivity contribution in [1.82, 2.24) is 0 Å². The van der Waals surface area contributed by atoms with E-state index in [0.717, 1.165) is 28.8 Å². The second-order valence-corrected chi connectivity index (χ2v) is 5.66. The Bertz CT molecular complexity index is 769. The molecule has 0 unspecified atom stereocenters. The molecule has 0 aliphatic carbocycles. The summed E-state index contributed by atoms with van der Waals surface area (Å²) < 4.78 is 5.51. The van der Waals surface area contributed by atoms with Crippen LogP contribution in [0.15, 0.2) is 36.4 Å². The Hall–Kier alpha value is -2.82. The predicted octanol–water partition coefficient (Wildman–Crippen LogP) is 2.98. The molecule has 5 nitrogen and oxygen atoms in total. The summed E-state index contributed by atoms with van der Waals surface area (Å²) in [5, 5.41) is 2.88. The quantitative estimate of drug-likeness (QED) is 0.856. The van der Waals surface area contributed by atoms with Crippen LogP contribution in [0.4, 0.5) is 5.69 Å². The molecule has 24 heavy (non-hydrogen) atoms. The molecule has 0 aliphatic rings. The van der Waals surface area contributed by atoms with Gasteiger partial charge in [-0.3, -0.25) is 9.59 Å². The maximum absolute atomic E-state index is 12.2. The van der Waals surface area contributed by atoms with Gasteiger partial charge in [0.2, 0.25) is 0 Å². The van der Waals surface area contributed by atoms with Crippen LogP contribution in [0.1, 0.15) is 34.0 Å². The van der Waals surface area contributed by atoms with Crippen molar-refractivity contribution in [3.8, 4) is 5.75 Å². The standard InChI is InChI=1S/C19H22N2O3/c1-4-14-7-5-6-13(3)18(14)21-17(22)11-24-16-10-12(2)8-9-15(16)19(20)23/h5-10H,4,11H2,1-3H3,(H2,20,23)(H,21,22). The Morgan fingerprint density at radius 3 is 2.58 bits per heavy atom. The van der Waals surface area contributed by atoms with Crippen LogP contribution < -0.4 is 15.8 Å². The largest absolute Gasteiger partial charge is 0.483 e. The number of ether oxygens (including phenoxy) is 1. The number of aryl methyl sites for hydroxylation is 3. The fourth-order valence-corrected chi connectivity index (χ4v) is 2.47. The summed E-state index contributed by atoms with van der Waals surface area (Å²) in [5.74, 6) is -0.549. The zero-order valence-corrected chi connectivity index (χ0v) is 14.2. The summed E-state index contributed by atoms with van der Waals surface area (Å²) in [4.78, 5) is 23.7. The number of para-hydroxylation sites is 1. The number of hydrogen-bond acceptors (Lipinski definition) is 3. The highest BCUT2D eigenvalue weighted by Gasteiger charge is 2.13. The number of primary amides is 1. The Labute approximate surface area is 141 Å². The lowest BCUT2D eigenvalue weighted by Crippen LogP contribution is -2.22. The molecule has 0 spiro atoms. The second kappa shape index (κ2) is 7.64. The minimum absolute atomic E-state index is 0.193. The molecule has 2 rings (SSSR count). The number of hydrogen-bond donors (Lipinski definition) is 2. The zero-order chi connectivity index (χ0) is 17.7. The summed E-state index contributed by atoms with van der Waals surface area (Å²) in [6, 6.07) is 11.0. The molecule has 126 valence electrons. The van der Waals surface area contributed by atoms with Crippen molar-refractivity contribution in [2.75, 3.05) is 11.9 Å². The number of benzene rings is 2. The number of carbonyl (C=O) groups is 2. The first-order chi connectivity index (χ1) is 11.4. The molecule has 0 radical (unpaired) electrons. The van der Waals surface area contributed by atoms with Gasteiger partial charge in [-0.1, -0.05) is 31.2 Å². The smallest absolute Gasteiger partial charge is 0.262 e. The normalized spacial score (nSPS) is 10.3. The molecule has 5 heteroatoms. The maximum Gasteiger partial charge on any atom is 0.262 e. The fourth-order valence-electron chi connectivity index (χ4n) is 2.47. The molecule has 3 N–H and O–H groups in total. The highest BCUT2D eigenvalue weighted by Crippen LogP contribution is 2.22. The Kier molecular flexibility index (Phi) is 5.58. The van der Waals surface area contributed by atoms with E-state index in [-0.39, 0.29) is 18.1 Å². The Morgan fingerprint density at radius 1 is 1.17 bits per heavy atom. The first kappa shape index (κ1) is 17.5. The van der Waals surface area contributed by atoms with Crippen LogP contribution in [-0.4, -0.2) is 18.4 Å². The Balaban J connectivity index is 2.10. The molecule has 0 bridgehead atoms. The molecule has 0 aliphatic heterocycles. The zero-order valence-electron chi connectivity index (χ0n) is 14.2. The van der Waals surface area contributed by atoms with Crippen molar-refractivity contribution >= 4 is 17.5 Å². The molecule has 0 heterocycles. The predicted molar refractivity (Wildman–Crippen MR) is 94.4 cm³/mol. The van der Waals surface area contributed by atoms with Gasteiger partial charge in [0.1, 0.15) is 5.75 Å². The average Bonchev–Trinajstić information content (AvgIpc) is 2.54. The monoisotopic (exact) mass is 326 g/mol. The van der Waals surface area contributed by atoms with Crippen molar-refractivity contribution < 1.29 is 14.3 Å². The average molecular weight is 326 g/mol. The summed E-state index contributed by atoms with van der Waals surface area (Å²) >= 11 is 0. The third-order valence-electron chi connectivity index (χ3n) is 3.77. The van der Waals surface area contributed by atoms with E-state index in [1.807, 2.05) is 39.0 Å². The Morgan fingerprint density at radius 2 is 1.92 bits per heavy atom. The second-order valence-electron chi connectivity index (χ2n) is 5.66. The van der Waals surface area contributed by atoms with E-state index in [9.17, 15) is 9.59 Å². The first-order valence-corrected chi connectivity index (χ1v) is 7.84. The van der Waals surface area contributed by atoms with Gasteiger partial charge in [-0.05, 0) is 49.1 Å². The van der Waals surface area contributed by atoms with E-state index < -0.39 is 5.91 Å². The highest BCUT2D eigenvalue weighted by molar-refractivity contribution is 5.96. The summed E-state index contributed by atoms with van der Waals surface area (Å²) in [7, 11) is 0. The molecule has 0 fully saturated rings. The summed E-state index contributed by atoms with van der Waals surface area (Å²) in [5.41, 5.74) is 9.39. The van der Waals surface area contributed by atoms with E-state index in [1.54, 1.807) is 18.2 Å². The number of carbonyl (C=O) groups excluding carboxylic acids is 2. The summed E-state index contributed by atoms with van der Waals surface area (Å²) in [6.07, 6.45) is 0.821. The van der Waals surface area contributed by atoms with Crippen molar-refractivity contribution in [3.05, 3.63) is 58.7 Å². The number of anilines is 1. The molecule has 0 aromatic heterocycles. The van der Waals surface area contributed by atoms with Gasteiger partial charge in [0.15, 0.2) is 6.61 Å². The van der Waals surface area contributed by atoms with Crippen LogP contribution in [0.3, 0.4) is 0 Å². The van der Waals surface area contributed by atoms with Gasteiger partial charge in [0.25, 0.3) is 11.8 Å². The van der Waals surface area contributed by atoms with Crippen molar-refractivity contribution in [1.29, 1.82) is 0 Å². The van der Waals surface area contributed by atoms with Gasteiger partial charge in [-0.25, -0.2) is 0 Å². The molecule has 2 amide bonds. The van der Waals surface area contributed by atoms with Crippen molar-refractivity contribution in [3.63, 3.8) is 0 Å². The third kappa shape index (κ3) is 4.13. The van der Waals surface area contributed by atoms with E-state index in [2.05, 4.69) is 5.32 Å². The minimum Gasteiger partial charge on any atom is -0.483 e. The molecule has 0 saturated carbocycles. The van der Waals surface area contributed by atoms with Crippen molar-refractivity contribution in [2.45, 2.75) is 27.2 Å². The van der Waals surface area contributed by atoms with E-state index in [4.69, 9.17) is 10.5 Å². The van der Waals surface area contributed by atoms with Gasteiger partial charge in [-0.2, -0.15) is 0 Å². The molecule has 0 saturated heterocycles. The van der Waals surface area contributed by atoms with Crippen LogP contribution >= 0.6 is 0 Å². The number of amides is 2. The minimum atomic E-state index is -0.586. The van der Waals surface area contributed by atoms with Gasteiger partial charge in [0, 0.05) is 5.69 Å². The number of nitrogens with two attached hydrogens (primary N) is 1. The molecule has 2 aromatic carbocycles. The topological polar surface area (TPSA) is 81.4 Å². The number of nitrogens with one attached hydrogen (secondary N) is 1. The first-order valence-electron chi connectivity index (χ1n) is 7.84. The lowest BCUT2D eigenvalue weighted by Gasteiger charge is -2.14. The van der Waals surface area contributed by atoms with Crippen molar-refractivity contribution in [2.24, 2.45) is 5.73 Å². The fraction of sp³-hybridized carbons (Fsp3) is 0.263. The van der Waals surface area contributed by atoms with E-state index >= 15 is 0 Å². The molecular formula is C19H22N2O3. The lowest BCUT2D eigenvalue weighted by atomic mass is 10.1. The maximum atomic E-state index is 12.2. The molecular weight excluding hydrogens is 304 g/mol. The van der Waals surface area contributed by atoms with Gasteiger partial charge in [0.05, 0.1) is 5.56 Å². The lowest BCUT2D eigenvalue weighted by molar-refractivity contribution is -0.118. The van der Waals surface area contributed by atoms with Crippen LogP contribution in [0.5, 0.6) is 5.75 Å². The SMILES string of the molecule is CCc1cccc(C)c1NC(=O)COc1cc(C)ccc1C(N)=O. The van der Waals surface area contributed by atoms with E-state index in [1.165, 1.54) is 0 Å². The third-order valence-corrected chi connectivity index (χ3v) is 3.77. The van der Waals surface area contributed by atoms with Gasteiger partial charge in [-0.15, -0.1) is 0 Å². The van der Waals surface area contributed by atoms with Crippen LogP contribution in [0.2, 0.25) is 0 Å². The van der Waals surface area contributed by atoms with Crippen LogP contribution in [0.25, 0.3) is 0 Å². The van der Waals surface area contributed by atoms with Crippen LogP contribution in [-0.2, 0) is 11.2 Å².